The van der Waals surface area contributed by atoms with Crippen molar-refractivity contribution in [2.45, 2.75) is 11.3 Å². The topological polar surface area (TPSA) is 94.5 Å². The van der Waals surface area contributed by atoms with E-state index in [0.717, 1.165) is 0 Å². The summed E-state index contributed by atoms with van der Waals surface area (Å²) in [6.45, 7) is -0.284. The summed E-state index contributed by atoms with van der Waals surface area (Å²) in [5.74, 6) is 0.727. The van der Waals surface area contributed by atoms with Crippen molar-refractivity contribution in [2.75, 3.05) is 37.2 Å². The molecular weight excluding hydrogens is 511 g/mol. The first kappa shape index (κ1) is 24.0. The summed E-state index contributed by atoms with van der Waals surface area (Å²) in [5, 5.41) is 0.966. The van der Waals surface area contributed by atoms with Crippen LogP contribution in [0.25, 0.3) is 0 Å². The van der Waals surface area contributed by atoms with Crippen LogP contribution in [0.5, 0.6) is 17.2 Å². The Labute approximate surface area is 205 Å². The number of nitrogens with zero attached hydrogens (tertiary/aromatic N) is 2. The van der Waals surface area contributed by atoms with Gasteiger partial charge in [0.15, 0.2) is 21.6 Å². The number of hydrogen-bond donors (Lipinski definition) is 0. The zero-order valence-corrected chi connectivity index (χ0v) is 20.8. The van der Waals surface area contributed by atoms with Gasteiger partial charge < -0.3 is 19.1 Å². The smallest absolute Gasteiger partial charge is 0.285 e. The summed E-state index contributed by atoms with van der Waals surface area (Å²) in [7, 11) is -0.257. The number of ether oxygens (including phenoxy) is 3. The molecule has 0 spiro atoms. The predicted molar refractivity (Wildman–Crippen MR) is 130 cm³/mol. The van der Waals surface area contributed by atoms with E-state index in [9.17, 15) is 13.2 Å². The fourth-order valence-corrected chi connectivity index (χ4v) is 7.98. The third kappa shape index (κ3) is 5.18. The van der Waals surface area contributed by atoms with Crippen molar-refractivity contribution in [3.8, 4) is 17.2 Å². The highest BCUT2D eigenvalue weighted by Gasteiger charge is 2.50. The second-order valence-corrected chi connectivity index (χ2v) is 11.6. The van der Waals surface area contributed by atoms with Crippen LogP contribution in [0.1, 0.15) is 0 Å². The molecule has 0 N–H and O–H groups in total. The van der Waals surface area contributed by atoms with Gasteiger partial charge in [0.1, 0.15) is 17.2 Å². The molecule has 0 radical (unpaired) electrons. The van der Waals surface area contributed by atoms with Crippen molar-refractivity contribution in [1.29, 1.82) is 0 Å². The Morgan fingerprint density at radius 2 is 1.82 bits per heavy atom. The SMILES string of the molecule is COc1cc(OC)c(N2C(=NC(=O)COc3ccc(Cl)cc3)SC3CS(=O)(=O)CC32)cc1Cl. The summed E-state index contributed by atoms with van der Waals surface area (Å²) < 4.78 is 40.9. The Hall–Kier alpha value is -2.14. The summed E-state index contributed by atoms with van der Waals surface area (Å²) in [6, 6.07) is 9.44. The third-order valence-corrected chi connectivity index (χ3v) is 8.93. The minimum Gasteiger partial charge on any atom is -0.495 e. The number of fused-ring (bicyclic) bond motifs is 1. The minimum atomic E-state index is -3.23. The van der Waals surface area contributed by atoms with Gasteiger partial charge >= 0.3 is 0 Å². The molecule has 8 nitrogen and oxygen atoms in total. The molecule has 33 heavy (non-hydrogen) atoms. The van der Waals surface area contributed by atoms with Crippen LogP contribution in [-0.2, 0) is 14.6 Å². The number of halogens is 2. The fraction of sp³-hybridized carbons (Fsp3) is 0.333. The number of benzene rings is 2. The van der Waals surface area contributed by atoms with E-state index in [0.29, 0.717) is 38.1 Å². The van der Waals surface area contributed by atoms with Crippen LogP contribution < -0.4 is 19.1 Å². The van der Waals surface area contributed by atoms with Gasteiger partial charge in [-0.2, -0.15) is 4.99 Å². The van der Waals surface area contributed by atoms with Crippen LogP contribution >= 0.6 is 35.0 Å². The van der Waals surface area contributed by atoms with E-state index in [1.54, 1.807) is 41.3 Å². The highest BCUT2D eigenvalue weighted by Crippen LogP contribution is 2.46. The predicted octanol–water partition coefficient (Wildman–Crippen LogP) is 3.69. The van der Waals surface area contributed by atoms with Crippen LogP contribution in [0.15, 0.2) is 41.4 Å². The summed E-state index contributed by atoms with van der Waals surface area (Å²) in [4.78, 5) is 18.6. The van der Waals surface area contributed by atoms with Crippen molar-refractivity contribution in [2.24, 2.45) is 4.99 Å². The Morgan fingerprint density at radius 1 is 1.12 bits per heavy atom. The molecular formula is C21H20Cl2N2O6S2. The zero-order valence-electron chi connectivity index (χ0n) is 17.7. The van der Waals surface area contributed by atoms with Gasteiger partial charge in [-0.15, -0.1) is 0 Å². The van der Waals surface area contributed by atoms with Gasteiger partial charge in [0.2, 0.25) is 0 Å². The van der Waals surface area contributed by atoms with Gasteiger partial charge in [0.25, 0.3) is 5.91 Å². The van der Waals surface area contributed by atoms with Gasteiger partial charge in [-0.05, 0) is 30.3 Å². The largest absolute Gasteiger partial charge is 0.495 e. The minimum absolute atomic E-state index is 0.000475. The summed E-state index contributed by atoms with van der Waals surface area (Å²) in [6.07, 6.45) is 0. The van der Waals surface area contributed by atoms with Gasteiger partial charge in [0.05, 0.1) is 42.5 Å². The molecule has 0 aliphatic carbocycles. The van der Waals surface area contributed by atoms with Gasteiger partial charge in [-0.1, -0.05) is 35.0 Å². The van der Waals surface area contributed by atoms with Crippen molar-refractivity contribution in [3.05, 3.63) is 46.4 Å². The average molecular weight is 531 g/mol. The number of methoxy groups -OCH3 is 2. The van der Waals surface area contributed by atoms with Crippen LogP contribution in [0.4, 0.5) is 5.69 Å². The van der Waals surface area contributed by atoms with Gasteiger partial charge in [-0.3, -0.25) is 4.79 Å². The first-order valence-corrected chi connectivity index (χ1v) is 13.2. The Morgan fingerprint density at radius 3 is 2.48 bits per heavy atom. The molecule has 2 atom stereocenters. The first-order chi connectivity index (χ1) is 15.7. The van der Waals surface area contributed by atoms with Crippen molar-refractivity contribution in [1.82, 2.24) is 0 Å². The maximum absolute atomic E-state index is 12.6. The normalized spacial score (nSPS) is 22.3. The average Bonchev–Trinajstić information content (AvgIpc) is 3.23. The number of anilines is 1. The van der Waals surface area contributed by atoms with E-state index < -0.39 is 21.8 Å². The second-order valence-electron chi connectivity index (χ2n) is 7.36. The number of amides is 1. The van der Waals surface area contributed by atoms with E-state index >= 15 is 0 Å². The second kappa shape index (κ2) is 9.61. The van der Waals surface area contributed by atoms with Crippen molar-refractivity contribution >= 4 is 61.6 Å². The van der Waals surface area contributed by atoms with E-state index in [2.05, 4.69) is 4.99 Å². The maximum atomic E-state index is 12.6. The molecule has 176 valence electrons. The number of rotatable bonds is 6. The lowest BCUT2D eigenvalue weighted by molar-refractivity contribution is -0.119. The van der Waals surface area contributed by atoms with E-state index in [4.69, 9.17) is 37.4 Å². The molecule has 12 heteroatoms. The first-order valence-electron chi connectivity index (χ1n) is 9.78. The molecule has 2 aliphatic heterocycles. The lowest BCUT2D eigenvalue weighted by Gasteiger charge is -2.26. The van der Waals surface area contributed by atoms with Gasteiger partial charge in [0, 0.05) is 16.3 Å². The number of carbonyl (C=O) groups is 1. The molecule has 2 aromatic rings. The molecule has 2 unspecified atom stereocenters. The zero-order chi connectivity index (χ0) is 23.8. The van der Waals surface area contributed by atoms with Gasteiger partial charge in [-0.25, -0.2) is 8.42 Å². The van der Waals surface area contributed by atoms with Crippen LogP contribution in [0.3, 0.4) is 0 Å². The van der Waals surface area contributed by atoms with Crippen LogP contribution in [0, 0.1) is 0 Å². The highest BCUT2D eigenvalue weighted by atomic mass is 35.5. The van der Waals surface area contributed by atoms with Crippen molar-refractivity contribution < 1.29 is 27.4 Å². The van der Waals surface area contributed by atoms with E-state index in [1.165, 1.54) is 26.0 Å². The Bertz CT molecular complexity index is 1200. The molecule has 1 amide bonds. The van der Waals surface area contributed by atoms with Crippen LogP contribution in [0.2, 0.25) is 10.0 Å². The molecule has 0 saturated carbocycles. The molecule has 0 aromatic heterocycles. The lowest BCUT2D eigenvalue weighted by atomic mass is 10.2. The number of aliphatic imine (C=N–C) groups is 1. The Kier molecular flexibility index (Phi) is 6.99. The lowest BCUT2D eigenvalue weighted by Crippen LogP contribution is -2.38. The molecule has 2 fully saturated rings. The fourth-order valence-electron chi connectivity index (χ4n) is 3.69. The monoisotopic (exact) mass is 530 g/mol. The molecule has 2 aliphatic rings. The summed E-state index contributed by atoms with van der Waals surface area (Å²) in [5.41, 5.74) is 0.505. The summed E-state index contributed by atoms with van der Waals surface area (Å²) >= 11 is 13.5. The quantitative estimate of drug-likeness (QED) is 0.557. The van der Waals surface area contributed by atoms with E-state index in [1.807, 2.05) is 0 Å². The standard InChI is InChI=1S/C21H20Cl2N2O6S2/c1-29-17-8-18(30-2)15(7-14(17)23)25-16-10-33(27,28)11-19(16)32-21(25)24-20(26)9-31-13-5-3-12(22)4-6-13/h3-8,16,19H,9-11H2,1-2H3. The molecule has 0 bridgehead atoms. The molecule has 2 aromatic carbocycles. The Balaban J connectivity index is 1.65. The molecule has 2 saturated heterocycles. The number of amidine groups is 1. The highest BCUT2D eigenvalue weighted by molar-refractivity contribution is 8.16. The number of hydrogen-bond acceptors (Lipinski definition) is 7. The van der Waals surface area contributed by atoms with Crippen LogP contribution in [-0.4, -0.2) is 63.1 Å². The van der Waals surface area contributed by atoms with Crippen molar-refractivity contribution in [3.63, 3.8) is 0 Å². The number of carbonyl (C=O) groups excluding carboxylic acids is 1. The molecule has 2 heterocycles. The molecule has 4 rings (SSSR count). The number of sulfone groups is 1. The maximum Gasteiger partial charge on any atom is 0.285 e. The van der Waals surface area contributed by atoms with E-state index in [-0.39, 0.29) is 23.4 Å². The third-order valence-electron chi connectivity index (χ3n) is 5.18. The number of thioether (sulfide) groups is 1.